The van der Waals surface area contributed by atoms with E-state index in [-0.39, 0.29) is 5.75 Å². The van der Waals surface area contributed by atoms with Crippen LogP contribution in [-0.2, 0) is 0 Å². The van der Waals surface area contributed by atoms with Crippen molar-refractivity contribution in [3.63, 3.8) is 0 Å². The fraction of sp³-hybridized carbons (Fsp3) is 0.364. The zero-order valence-corrected chi connectivity index (χ0v) is 15.2. The van der Waals surface area contributed by atoms with Crippen LogP contribution in [0.5, 0.6) is 5.75 Å². The van der Waals surface area contributed by atoms with Crippen LogP contribution < -0.4 is 4.74 Å². The number of ether oxygens (including phenoxy) is 1. The quantitative estimate of drug-likeness (QED) is 0.510. The molecule has 3 rings (SSSR count). The minimum absolute atomic E-state index is 0.268. The summed E-state index contributed by atoms with van der Waals surface area (Å²) in [5.41, 5.74) is 0.819. The number of nitrogens with zero attached hydrogens (tertiary/aromatic N) is 1. The summed E-state index contributed by atoms with van der Waals surface area (Å²) in [6, 6.07) is 10.3. The fourth-order valence-electron chi connectivity index (χ4n) is 3.68. The smallest absolute Gasteiger partial charge is 0.343 e. The molecular weight excluding hydrogens is 348 g/mol. The standard InChI is InChI=1S/C22H21F2NO2/c1-2-14-3-5-15(6-4-14)16-7-9-17(10-8-16)22(26)27-18-11-20(23)19(13-25)21(24)12-18/h7-12,14-15H,2-6H2,1H3. The third-order valence-electron chi connectivity index (χ3n) is 5.38. The third-order valence-corrected chi connectivity index (χ3v) is 5.38. The third kappa shape index (κ3) is 4.33. The van der Waals surface area contributed by atoms with E-state index in [0.717, 1.165) is 30.9 Å². The number of carbonyl (C=O) groups is 1. The molecule has 2 aromatic rings. The minimum atomic E-state index is -1.06. The van der Waals surface area contributed by atoms with Gasteiger partial charge in [-0.25, -0.2) is 13.6 Å². The Morgan fingerprint density at radius 3 is 2.22 bits per heavy atom. The van der Waals surface area contributed by atoms with Crippen molar-refractivity contribution in [1.82, 2.24) is 0 Å². The van der Waals surface area contributed by atoms with Gasteiger partial charge < -0.3 is 4.74 Å². The van der Waals surface area contributed by atoms with Gasteiger partial charge in [0.15, 0.2) is 0 Å². The highest BCUT2D eigenvalue weighted by Crippen LogP contribution is 2.37. The van der Waals surface area contributed by atoms with Gasteiger partial charge in [-0.15, -0.1) is 0 Å². The highest BCUT2D eigenvalue weighted by atomic mass is 19.1. The molecule has 1 fully saturated rings. The first-order valence-electron chi connectivity index (χ1n) is 9.23. The maximum absolute atomic E-state index is 13.6. The van der Waals surface area contributed by atoms with Gasteiger partial charge in [0.1, 0.15) is 29.0 Å². The lowest BCUT2D eigenvalue weighted by Gasteiger charge is -2.28. The molecule has 3 nitrogen and oxygen atoms in total. The van der Waals surface area contributed by atoms with Crippen molar-refractivity contribution >= 4 is 5.97 Å². The van der Waals surface area contributed by atoms with Crippen molar-refractivity contribution < 1.29 is 18.3 Å². The Hall–Kier alpha value is -2.74. The van der Waals surface area contributed by atoms with E-state index in [1.165, 1.54) is 30.9 Å². The van der Waals surface area contributed by atoms with E-state index in [0.29, 0.717) is 11.5 Å². The minimum Gasteiger partial charge on any atom is -0.423 e. The molecule has 0 amide bonds. The maximum Gasteiger partial charge on any atom is 0.343 e. The number of hydrogen-bond donors (Lipinski definition) is 0. The molecule has 0 bridgehead atoms. The molecule has 0 radical (unpaired) electrons. The van der Waals surface area contributed by atoms with Crippen LogP contribution in [0.3, 0.4) is 0 Å². The van der Waals surface area contributed by atoms with Crippen molar-refractivity contribution in [2.75, 3.05) is 0 Å². The summed E-state index contributed by atoms with van der Waals surface area (Å²) in [5.74, 6) is -1.74. The number of carbonyl (C=O) groups excluding carboxylic acids is 1. The lowest BCUT2D eigenvalue weighted by Crippen LogP contribution is -2.13. The van der Waals surface area contributed by atoms with Crippen molar-refractivity contribution in [2.24, 2.45) is 5.92 Å². The highest BCUT2D eigenvalue weighted by molar-refractivity contribution is 5.91. The van der Waals surface area contributed by atoms with Gasteiger partial charge in [0.05, 0.1) is 5.56 Å². The first-order chi connectivity index (χ1) is 13.0. The van der Waals surface area contributed by atoms with E-state index in [1.54, 1.807) is 12.1 Å². The second kappa shape index (κ2) is 8.30. The largest absolute Gasteiger partial charge is 0.423 e. The Balaban J connectivity index is 1.67. The Labute approximate surface area is 157 Å². The number of halogens is 2. The van der Waals surface area contributed by atoms with Crippen LogP contribution in [0.2, 0.25) is 0 Å². The number of nitriles is 1. The number of rotatable bonds is 4. The maximum atomic E-state index is 13.6. The summed E-state index contributed by atoms with van der Waals surface area (Å²) in [6.45, 7) is 2.23. The zero-order chi connectivity index (χ0) is 19.4. The van der Waals surface area contributed by atoms with Crippen LogP contribution in [-0.4, -0.2) is 5.97 Å². The van der Waals surface area contributed by atoms with E-state index >= 15 is 0 Å². The zero-order valence-electron chi connectivity index (χ0n) is 15.2. The summed E-state index contributed by atoms with van der Waals surface area (Å²) < 4.78 is 32.3. The predicted octanol–water partition coefficient (Wildman–Crippen LogP) is 5.74. The van der Waals surface area contributed by atoms with Crippen LogP contribution in [0.25, 0.3) is 0 Å². The van der Waals surface area contributed by atoms with E-state index in [4.69, 9.17) is 10.00 Å². The van der Waals surface area contributed by atoms with Crippen LogP contribution in [0.1, 0.15) is 66.4 Å². The van der Waals surface area contributed by atoms with Crippen LogP contribution in [0.15, 0.2) is 36.4 Å². The summed E-state index contributed by atoms with van der Waals surface area (Å²) >= 11 is 0. The molecule has 0 unspecified atom stereocenters. The van der Waals surface area contributed by atoms with E-state index in [1.807, 2.05) is 12.1 Å². The van der Waals surface area contributed by atoms with Gasteiger partial charge in [-0.05, 0) is 55.2 Å². The van der Waals surface area contributed by atoms with Crippen LogP contribution in [0.4, 0.5) is 8.78 Å². The fourth-order valence-corrected chi connectivity index (χ4v) is 3.68. The molecule has 0 saturated heterocycles. The van der Waals surface area contributed by atoms with Crippen molar-refractivity contribution in [3.05, 3.63) is 64.7 Å². The van der Waals surface area contributed by atoms with Crippen molar-refractivity contribution in [3.8, 4) is 11.8 Å². The summed E-state index contributed by atoms with van der Waals surface area (Å²) in [7, 11) is 0. The second-order valence-electron chi connectivity index (χ2n) is 7.01. The monoisotopic (exact) mass is 369 g/mol. The molecular formula is C22H21F2NO2. The number of hydrogen-bond acceptors (Lipinski definition) is 3. The number of benzene rings is 2. The molecule has 0 N–H and O–H groups in total. The highest BCUT2D eigenvalue weighted by Gasteiger charge is 2.21. The topological polar surface area (TPSA) is 50.1 Å². The SMILES string of the molecule is CCC1CCC(c2ccc(C(=O)Oc3cc(F)c(C#N)c(F)c3)cc2)CC1. The Morgan fingerprint density at radius 1 is 1.11 bits per heavy atom. The molecule has 0 spiro atoms. The molecule has 27 heavy (non-hydrogen) atoms. The normalized spacial score (nSPS) is 19.3. The summed E-state index contributed by atoms with van der Waals surface area (Å²) in [5, 5.41) is 8.67. The van der Waals surface area contributed by atoms with Crippen LogP contribution in [0, 0.1) is 28.9 Å². The van der Waals surface area contributed by atoms with Gasteiger partial charge >= 0.3 is 5.97 Å². The van der Waals surface area contributed by atoms with Gasteiger partial charge in [-0.1, -0.05) is 25.5 Å². The first-order valence-corrected chi connectivity index (χ1v) is 9.23. The van der Waals surface area contributed by atoms with E-state index in [9.17, 15) is 13.6 Å². The Bertz CT molecular complexity index is 840. The molecule has 1 aliphatic carbocycles. The van der Waals surface area contributed by atoms with E-state index < -0.39 is 23.2 Å². The lowest BCUT2D eigenvalue weighted by atomic mass is 9.78. The van der Waals surface area contributed by atoms with Crippen molar-refractivity contribution in [1.29, 1.82) is 5.26 Å². The van der Waals surface area contributed by atoms with Gasteiger partial charge in [0.2, 0.25) is 0 Å². The Kier molecular flexibility index (Phi) is 5.85. The molecule has 0 heterocycles. The molecule has 1 aliphatic rings. The van der Waals surface area contributed by atoms with Gasteiger partial charge in [-0.3, -0.25) is 0 Å². The number of esters is 1. The summed E-state index contributed by atoms with van der Waals surface area (Å²) in [6.07, 6.45) is 6.02. The molecule has 0 atom stereocenters. The molecule has 0 aliphatic heterocycles. The average Bonchev–Trinajstić information content (AvgIpc) is 2.68. The Morgan fingerprint density at radius 2 is 1.70 bits per heavy atom. The molecule has 140 valence electrons. The van der Waals surface area contributed by atoms with Gasteiger partial charge in [0.25, 0.3) is 0 Å². The predicted molar refractivity (Wildman–Crippen MR) is 97.5 cm³/mol. The molecule has 2 aromatic carbocycles. The average molecular weight is 369 g/mol. The summed E-state index contributed by atoms with van der Waals surface area (Å²) in [4.78, 5) is 12.2. The molecule has 5 heteroatoms. The van der Waals surface area contributed by atoms with Crippen molar-refractivity contribution in [2.45, 2.75) is 44.9 Å². The van der Waals surface area contributed by atoms with Gasteiger partial charge in [-0.2, -0.15) is 5.26 Å². The van der Waals surface area contributed by atoms with Crippen LogP contribution >= 0.6 is 0 Å². The van der Waals surface area contributed by atoms with Gasteiger partial charge in [0, 0.05) is 12.1 Å². The second-order valence-corrected chi connectivity index (χ2v) is 7.01. The van der Waals surface area contributed by atoms with E-state index in [2.05, 4.69) is 6.92 Å². The molecule has 1 saturated carbocycles. The molecule has 0 aromatic heterocycles. The lowest BCUT2D eigenvalue weighted by molar-refractivity contribution is 0.0734. The first kappa shape index (κ1) is 19.0.